The molecule has 1 saturated carbocycles. The number of nitrogens with one attached hydrogen (secondary N) is 1. The summed E-state index contributed by atoms with van der Waals surface area (Å²) in [5, 5.41) is 2.79. The lowest BCUT2D eigenvalue weighted by Crippen LogP contribution is -2.62. The van der Waals surface area contributed by atoms with Crippen LogP contribution in [0.15, 0.2) is 0 Å². The van der Waals surface area contributed by atoms with E-state index in [1.165, 1.54) is 7.11 Å². The van der Waals surface area contributed by atoms with E-state index in [0.717, 1.165) is 12.8 Å². The lowest BCUT2D eigenvalue weighted by Gasteiger charge is -2.44. The molecule has 3 atom stereocenters. The number of methoxy groups -OCH3 is 1. The molecule has 0 radical (unpaired) electrons. The molecule has 1 N–H and O–H groups in total. The molecule has 18 heavy (non-hydrogen) atoms. The van der Waals surface area contributed by atoms with Crippen LogP contribution in [-0.4, -0.2) is 44.6 Å². The van der Waals surface area contributed by atoms with Crippen molar-refractivity contribution in [2.45, 2.75) is 50.4 Å². The number of rotatable bonds is 1. The smallest absolute Gasteiger partial charge is 0.323 e. The molecule has 0 spiro atoms. The van der Waals surface area contributed by atoms with Crippen LogP contribution in [0, 0.1) is 5.41 Å². The van der Waals surface area contributed by atoms with Crippen molar-refractivity contribution in [1.29, 1.82) is 0 Å². The average molecular weight is 275 g/mol. The lowest BCUT2D eigenvalue weighted by atomic mass is 9.75. The van der Waals surface area contributed by atoms with Gasteiger partial charge in [0.05, 0.1) is 18.1 Å². The highest BCUT2D eigenvalue weighted by atomic mass is 32.2. The molecule has 1 heterocycles. The van der Waals surface area contributed by atoms with Gasteiger partial charge in [0.2, 0.25) is 0 Å². The maximum absolute atomic E-state index is 12.3. The first-order valence-corrected chi connectivity index (χ1v) is 8.02. The van der Waals surface area contributed by atoms with E-state index in [-0.39, 0.29) is 22.5 Å². The summed E-state index contributed by atoms with van der Waals surface area (Å²) in [6.07, 6.45) is 2.44. The van der Waals surface area contributed by atoms with E-state index in [1.807, 2.05) is 0 Å². The van der Waals surface area contributed by atoms with Crippen LogP contribution >= 0.6 is 0 Å². The SMILES string of the molecule is COC(=O)C1CS(=O)(=O)C2CC(C)(C)CCC2N1. The summed E-state index contributed by atoms with van der Waals surface area (Å²) in [5.41, 5.74) is 0.0635. The molecule has 1 saturated heterocycles. The van der Waals surface area contributed by atoms with Gasteiger partial charge in [-0.05, 0) is 24.7 Å². The predicted octanol–water partition coefficient (Wildman–Crippen LogP) is 0.493. The molecule has 104 valence electrons. The second kappa shape index (κ2) is 4.49. The number of sulfone groups is 1. The molecule has 0 bridgehead atoms. The van der Waals surface area contributed by atoms with Gasteiger partial charge in [0.1, 0.15) is 6.04 Å². The highest BCUT2D eigenvalue weighted by Crippen LogP contribution is 2.40. The molecule has 6 heteroatoms. The van der Waals surface area contributed by atoms with Crippen LogP contribution in [0.3, 0.4) is 0 Å². The van der Waals surface area contributed by atoms with E-state index >= 15 is 0 Å². The van der Waals surface area contributed by atoms with Gasteiger partial charge in [0.25, 0.3) is 0 Å². The molecule has 5 nitrogen and oxygen atoms in total. The van der Waals surface area contributed by atoms with E-state index in [1.54, 1.807) is 0 Å². The molecule has 1 aliphatic heterocycles. The van der Waals surface area contributed by atoms with Gasteiger partial charge in [-0.1, -0.05) is 13.8 Å². The fourth-order valence-electron chi connectivity index (χ4n) is 3.03. The molecule has 2 aliphatic rings. The van der Waals surface area contributed by atoms with Crippen LogP contribution in [0.2, 0.25) is 0 Å². The van der Waals surface area contributed by atoms with Crippen molar-refractivity contribution >= 4 is 15.8 Å². The van der Waals surface area contributed by atoms with Gasteiger partial charge in [-0.3, -0.25) is 10.1 Å². The number of carbonyl (C=O) groups excluding carboxylic acids is 1. The molecule has 0 aromatic rings. The van der Waals surface area contributed by atoms with Crippen molar-refractivity contribution in [1.82, 2.24) is 5.32 Å². The highest BCUT2D eigenvalue weighted by Gasteiger charge is 2.48. The first-order valence-electron chi connectivity index (χ1n) is 6.31. The fraction of sp³-hybridized carbons (Fsp3) is 0.917. The Labute approximate surface area is 108 Å². The van der Waals surface area contributed by atoms with Crippen LogP contribution in [0.4, 0.5) is 0 Å². The molecule has 0 amide bonds. The third-order valence-corrected chi connectivity index (χ3v) is 6.31. The number of fused-ring (bicyclic) bond motifs is 1. The minimum absolute atomic E-state index is 0.0635. The van der Waals surface area contributed by atoms with Gasteiger partial charge in [-0.25, -0.2) is 8.42 Å². The van der Waals surface area contributed by atoms with Crippen molar-refractivity contribution in [2.75, 3.05) is 12.9 Å². The van der Waals surface area contributed by atoms with E-state index in [2.05, 4.69) is 23.9 Å². The van der Waals surface area contributed by atoms with Crippen molar-refractivity contribution in [3.05, 3.63) is 0 Å². The minimum atomic E-state index is -3.22. The number of ether oxygens (including phenoxy) is 1. The Balaban J connectivity index is 2.21. The Morgan fingerprint density at radius 1 is 1.39 bits per heavy atom. The quantitative estimate of drug-likeness (QED) is 0.705. The largest absolute Gasteiger partial charge is 0.468 e. The Morgan fingerprint density at radius 2 is 2.06 bits per heavy atom. The highest BCUT2D eigenvalue weighted by molar-refractivity contribution is 7.92. The zero-order valence-electron chi connectivity index (χ0n) is 11.1. The monoisotopic (exact) mass is 275 g/mol. The second-order valence-electron chi connectivity index (χ2n) is 6.12. The van der Waals surface area contributed by atoms with E-state index < -0.39 is 21.8 Å². The van der Waals surface area contributed by atoms with Gasteiger partial charge >= 0.3 is 5.97 Å². The topological polar surface area (TPSA) is 72.5 Å². The van der Waals surface area contributed by atoms with Crippen molar-refractivity contribution < 1.29 is 17.9 Å². The molecule has 2 rings (SSSR count). The van der Waals surface area contributed by atoms with Crippen molar-refractivity contribution in [3.8, 4) is 0 Å². The predicted molar refractivity (Wildman–Crippen MR) is 67.9 cm³/mol. The molecular weight excluding hydrogens is 254 g/mol. The van der Waals surface area contributed by atoms with Gasteiger partial charge in [-0.15, -0.1) is 0 Å². The zero-order valence-corrected chi connectivity index (χ0v) is 11.9. The number of hydrogen-bond acceptors (Lipinski definition) is 5. The van der Waals surface area contributed by atoms with Crippen LogP contribution in [0.5, 0.6) is 0 Å². The minimum Gasteiger partial charge on any atom is -0.468 e. The van der Waals surface area contributed by atoms with Gasteiger partial charge < -0.3 is 4.74 Å². The molecule has 1 aliphatic carbocycles. The van der Waals surface area contributed by atoms with Crippen LogP contribution in [-0.2, 0) is 19.4 Å². The number of esters is 1. The third-order valence-electron chi connectivity index (χ3n) is 4.10. The first-order chi connectivity index (χ1) is 8.25. The summed E-state index contributed by atoms with van der Waals surface area (Å²) in [5.74, 6) is -0.626. The summed E-state index contributed by atoms with van der Waals surface area (Å²) in [6.45, 7) is 4.20. The normalized spacial score (nSPS) is 37.6. The molecular formula is C12H21NO4S. The first kappa shape index (κ1) is 13.8. The lowest BCUT2D eigenvalue weighted by molar-refractivity contribution is -0.143. The van der Waals surface area contributed by atoms with E-state index in [9.17, 15) is 13.2 Å². The van der Waals surface area contributed by atoms with Crippen LogP contribution in [0.25, 0.3) is 0 Å². The average Bonchev–Trinajstić information content (AvgIpc) is 2.27. The van der Waals surface area contributed by atoms with E-state index in [0.29, 0.717) is 6.42 Å². The molecule has 2 fully saturated rings. The Hall–Kier alpha value is -0.620. The number of carbonyl (C=O) groups is 1. The summed E-state index contributed by atoms with van der Waals surface area (Å²) in [7, 11) is -1.94. The maximum atomic E-state index is 12.3. The standard InChI is InChI=1S/C12H21NO4S/c1-12(2)5-4-8-10(6-12)18(15,16)7-9(13-8)11(14)17-3/h8-10,13H,4-7H2,1-3H3. The van der Waals surface area contributed by atoms with Gasteiger partial charge in [-0.2, -0.15) is 0 Å². The van der Waals surface area contributed by atoms with Crippen LogP contribution < -0.4 is 5.32 Å². The Kier molecular flexibility index (Phi) is 3.44. The fourth-order valence-corrected chi connectivity index (χ4v) is 5.39. The molecule has 0 aromatic carbocycles. The summed E-state index contributed by atoms with van der Waals surface area (Å²) < 4.78 is 29.2. The zero-order chi connectivity index (χ0) is 13.6. The third kappa shape index (κ3) is 2.54. The molecule has 0 aromatic heterocycles. The Morgan fingerprint density at radius 3 is 2.67 bits per heavy atom. The number of hydrogen-bond donors (Lipinski definition) is 1. The Bertz CT molecular complexity index is 443. The van der Waals surface area contributed by atoms with Crippen LogP contribution in [0.1, 0.15) is 33.1 Å². The maximum Gasteiger partial charge on any atom is 0.323 e. The van der Waals surface area contributed by atoms with Gasteiger partial charge in [0.15, 0.2) is 9.84 Å². The van der Waals surface area contributed by atoms with Crippen molar-refractivity contribution in [3.63, 3.8) is 0 Å². The summed E-state index contributed by atoms with van der Waals surface area (Å²) in [6, 6.07) is -0.816. The summed E-state index contributed by atoms with van der Waals surface area (Å²) >= 11 is 0. The second-order valence-corrected chi connectivity index (χ2v) is 8.39. The van der Waals surface area contributed by atoms with Crippen molar-refractivity contribution in [2.24, 2.45) is 5.41 Å². The summed E-state index contributed by atoms with van der Waals surface area (Å²) in [4.78, 5) is 11.5. The van der Waals surface area contributed by atoms with E-state index in [4.69, 9.17) is 0 Å². The van der Waals surface area contributed by atoms with Gasteiger partial charge in [0, 0.05) is 6.04 Å². The molecule has 3 unspecified atom stereocenters.